The van der Waals surface area contributed by atoms with Crippen LogP contribution in [0.2, 0.25) is 0 Å². The number of aliphatic hydroxyl groups is 1. The van der Waals surface area contributed by atoms with Gasteiger partial charge >= 0.3 is 0 Å². The second kappa shape index (κ2) is 10.9. The lowest BCUT2D eigenvalue weighted by molar-refractivity contribution is 0.0254. The zero-order valence-electron chi connectivity index (χ0n) is 19.0. The highest BCUT2D eigenvalue weighted by Crippen LogP contribution is 2.24. The fourth-order valence-electron chi connectivity index (χ4n) is 3.68. The summed E-state index contributed by atoms with van der Waals surface area (Å²) in [4.78, 5) is 19.1. The molecule has 0 radical (unpaired) electrons. The minimum atomic E-state index is -0.290. The molecule has 0 bridgehead atoms. The highest BCUT2D eigenvalue weighted by Gasteiger charge is 2.25. The second-order valence-corrected chi connectivity index (χ2v) is 7.98. The number of nitriles is 1. The van der Waals surface area contributed by atoms with Gasteiger partial charge in [0.05, 0.1) is 36.8 Å². The van der Waals surface area contributed by atoms with Crippen molar-refractivity contribution in [3.8, 4) is 11.8 Å². The minimum absolute atomic E-state index is 0.0338. The Bertz CT molecular complexity index is 1110. The average Bonchev–Trinajstić information content (AvgIpc) is 2.86. The summed E-state index contributed by atoms with van der Waals surface area (Å²) < 4.78 is 11.4. The lowest BCUT2D eigenvalue weighted by atomic mass is 10.1. The molecular formula is C24H27N7O3. The molecule has 10 heteroatoms. The molecule has 0 amide bonds. The predicted molar refractivity (Wildman–Crippen MR) is 131 cm³/mol. The molecule has 3 heterocycles. The molecule has 1 aromatic heterocycles. The second-order valence-electron chi connectivity index (χ2n) is 7.98. The summed E-state index contributed by atoms with van der Waals surface area (Å²) >= 11 is 0. The summed E-state index contributed by atoms with van der Waals surface area (Å²) in [6.45, 7) is 6.12. The maximum Gasteiger partial charge on any atom is 0.224 e. The van der Waals surface area contributed by atoms with Gasteiger partial charge in [-0.15, -0.1) is 0 Å². The van der Waals surface area contributed by atoms with E-state index in [2.05, 4.69) is 38.1 Å². The van der Waals surface area contributed by atoms with Crippen molar-refractivity contribution in [1.29, 1.82) is 5.26 Å². The number of amidine groups is 1. The number of pyridine rings is 1. The van der Waals surface area contributed by atoms with Crippen LogP contribution in [0, 0.1) is 11.3 Å². The number of benzene rings is 1. The van der Waals surface area contributed by atoms with E-state index in [0.717, 1.165) is 18.7 Å². The molecule has 2 N–H and O–H groups in total. The first-order chi connectivity index (χ1) is 16.6. The first-order valence-electron chi connectivity index (χ1n) is 11.1. The molecule has 1 aromatic carbocycles. The summed E-state index contributed by atoms with van der Waals surface area (Å²) in [5.41, 5.74) is 1.73. The highest BCUT2D eigenvalue weighted by molar-refractivity contribution is 6.10. The van der Waals surface area contributed by atoms with Crippen LogP contribution >= 0.6 is 0 Å². The molecule has 0 aliphatic carbocycles. The number of hydrogen-bond acceptors (Lipinski definition) is 7. The molecule has 2 fully saturated rings. The fraction of sp³-hybridized carbons (Fsp3) is 0.375. The van der Waals surface area contributed by atoms with Crippen LogP contribution in [0.3, 0.4) is 0 Å². The number of aromatic nitrogens is 1. The van der Waals surface area contributed by atoms with Crippen molar-refractivity contribution in [1.82, 2.24) is 4.98 Å². The van der Waals surface area contributed by atoms with Gasteiger partial charge < -0.3 is 24.8 Å². The Morgan fingerprint density at radius 1 is 1.29 bits per heavy atom. The number of nitrogens with one attached hydrogen (secondary N) is 1. The van der Waals surface area contributed by atoms with Gasteiger partial charge in [0.2, 0.25) is 5.96 Å². The minimum Gasteiger partial charge on any atom is -0.489 e. The van der Waals surface area contributed by atoms with E-state index in [0.29, 0.717) is 60.7 Å². The topological polar surface area (TPSA) is 128 Å². The Morgan fingerprint density at radius 3 is 2.71 bits per heavy atom. The van der Waals surface area contributed by atoms with Gasteiger partial charge in [0.1, 0.15) is 23.7 Å². The van der Waals surface area contributed by atoms with Gasteiger partial charge in [-0.25, -0.2) is 9.98 Å². The summed E-state index contributed by atoms with van der Waals surface area (Å²) in [6.07, 6.45) is 3.02. The fourth-order valence-corrected chi connectivity index (χ4v) is 3.68. The lowest BCUT2D eigenvalue weighted by Crippen LogP contribution is -2.51. The first kappa shape index (κ1) is 23.4. The summed E-state index contributed by atoms with van der Waals surface area (Å²) in [6, 6.07) is 11.2. The standard InChI is InChI=1S/C24H27N7O3/c1-26-23(16-3-5-21(17(11-16)12-25)34-20-7-9-33-10-8-20)30-24(27-2)29-18-4-6-22(28-13-18)31-14-19(32)15-31/h3-6,11,13,19-20,32H,1,7-10,14-15H2,2H3,(H,27,29)/b30-23-. The third-order valence-corrected chi connectivity index (χ3v) is 5.58. The van der Waals surface area contributed by atoms with E-state index in [1.165, 1.54) is 0 Å². The van der Waals surface area contributed by atoms with Crippen LogP contribution in [0.1, 0.15) is 24.0 Å². The van der Waals surface area contributed by atoms with Crippen molar-refractivity contribution >= 4 is 30.0 Å². The van der Waals surface area contributed by atoms with E-state index in [4.69, 9.17) is 9.47 Å². The Balaban J connectivity index is 1.47. The number of aliphatic imine (C=N–C) groups is 3. The third kappa shape index (κ3) is 5.57. The largest absolute Gasteiger partial charge is 0.489 e. The van der Waals surface area contributed by atoms with Crippen molar-refractivity contribution in [2.45, 2.75) is 25.0 Å². The third-order valence-electron chi connectivity index (χ3n) is 5.58. The number of β-amino-alcohol motifs (C(OH)–C–C–N with tert-alkyl or cyclic N) is 1. The van der Waals surface area contributed by atoms with Crippen molar-refractivity contribution in [3.63, 3.8) is 0 Å². The quantitative estimate of drug-likeness (QED) is 0.516. The Labute approximate surface area is 198 Å². The number of anilines is 2. The molecule has 2 aromatic rings. The van der Waals surface area contributed by atoms with Crippen LogP contribution in [-0.2, 0) is 4.74 Å². The van der Waals surface area contributed by atoms with Crippen LogP contribution in [0.25, 0.3) is 0 Å². The maximum absolute atomic E-state index is 9.65. The van der Waals surface area contributed by atoms with Gasteiger partial charge in [-0.3, -0.25) is 4.99 Å². The monoisotopic (exact) mass is 461 g/mol. The molecule has 0 saturated carbocycles. The average molecular weight is 462 g/mol. The van der Waals surface area contributed by atoms with Gasteiger partial charge in [-0.1, -0.05) is 0 Å². The van der Waals surface area contributed by atoms with E-state index in [1.807, 2.05) is 17.0 Å². The van der Waals surface area contributed by atoms with E-state index < -0.39 is 0 Å². The van der Waals surface area contributed by atoms with Gasteiger partial charge in [-0.2, -0.15) is 10.3 Å². The Hall–Kier alpha value is -3.81. The molecule has 2 aliphatic heterocycles. The summed E-state index contributed by atoms with van der Waals surface area (Å²) in [7, 11) is 1.61. The van der Waals surface area contributed by atoms with Crippen molar-refractivity contribution < 1.29 is 14.6 Å². The molecular weight excluding hydrogens is 434 g/mol. The SMILES string of the molecule is C=N/C(=N\C(=N/C)Nc1ccc(N2CC(O)C2)nc1)c1ccc(OC2CCOCC2)c(C#N)c1. The van der Waals surface area contributed by atoms with E-state index in [-0.39, 0.29) is 12.2 Å². The molecule has 0 spiro atoms. The maximum atomic E-state index is 9.65. The zero-order valence-corrected chi connectivity index (χ0v) is 19.0. The van der Waals surface area contributed by atoms with Gasteiger partial charge in [-0.05, 0) is 37.0 Å². The molecule has 10 nitrogen and oxygen atoms in total. The number of aliphatic hydroxyl groups excluding tert-OH is 1. The number of hydrogen-bond donors (Lipinski definition) is 2. The number of rotatable bonds is 5. The molecule has 0 atom stereocenters. The van der Waals surface area contributed by atoms with E-state index in [9.17, 15) is 10.4 Å². The van der Waals surface area contributed by atoms with Crippen LogP contribution < -0.4 is 15.0 Å². The summed E-state index contributed by atoms with van der Waals surface area (Å²) in [5.74, 6) is 1.97. The smallest absolute Gasteiger partial charge is 0.224 e. The van der Waals surface area contributed by atoms with E-state index >= 15 is 0 Å². The van der Waals surface area contributed by atoms with Crippen molar-refractivity contribution in [2.24, 2.45) is 15.0 Å². The van der Waals surface area contributed by atoms with Crippen LogP contribution in [-0.4, -0.2) is 74.2 Å². The van der Waals surface area contributed by atoms with E-state index in [1.54, 1.807) is 31.4 Å². The van der Waals surface area contributed by atoms with Crippen molar-refractivity contribution in [2.75, 3.05) is 43.6 Å². The van der Waals surface area contributed by atoms with Gasteiger partial charge in [0.15, 0.2) is 5.84 Å². The van der Waals surface area contributed by atoms with Crippen LogP contribution in [0.4, 0.5) is 11.5 Å². The van der Waals surface area contributed by atoms with Gasteiger partial charge in [0, 0.05) is 38.5 Å². The van der Waals surface area contributed by atoms with Crippen molar-refractivity contribution in [3.05, 3.63) is 47.7 Å². The molecule has 34 heavy (non-hydrogen) atoms. The Morgan fingerprint density at radius 2 is 2.09 bits per heavy atom. The molecule has 0 unspecified atom stereocenters. The van der Waals surface area contributed by atoms with Crippen LogP contribution in [0.15, 0.2) is 51.5 Å². The number of nitrogens with zero attached hydrogens (tertiary/aromatic N) is 6. The lowest BCUT2D eigenvalue weighted by Gasteiger charge is -2.36. The molecule has 2 aliphatic rings. The number of ether oxygens (including phenoxy) is 2. The first-order valence-corrected chi connectivity index (χ1v) is 11.1. The zero-order chi connectivity index (χ0) is 23.9. The highest BCUT2D eigenvalue weighted by atomic mass is 16.5. The molecule has 2 saturated heterocycles. The van der Waals surface area contributed by atoms with Crippen LogP contribution in [0.5, 0.6) is 5.75 Å². The normalized spacial score (nSPS) is 17.6. The molecule has 4 rings (SSSR count). The molecule has 176 valence electrons. The Kier molecular flexibility index (Phi) is 7.47. The van der Waals surface area contributed by atoms with Gasteiger partial charge in [0.25, 0.3) is 0 Å². The predicted octanol–water partition coefficient (Wildman–Crippen LogP) is 2.24. The summed E-state index contributed by atoms with van der Waals surface area (Å²) in [5, 5.41) is 22.2. The number of guanidine groups is 1.